The molecule has 1 fully saturated rings. The number of hydrogen-bond donors (Lipinski definition) is 3. The van der Waals surface area contributed by atoms with Gasteiger partial charge in [-0.1, -0.05) is 18.2 Å². The molecule has 2 heterocycles. The molecule has 0 aromatic heterocycles. The number of piperidine rings is 1. The molecule has 1 aromatic rings. The number of nitriles is 1. The zero-order chi connectivity index (χ0) is 17.9. The van der Waals surface area contributed by atoms with Gasteiger partial charge in [-0.25, -0.2) is 4.39 Å². The zero-order valence-corrected chi connectivity index (χ0v) is 14.7. The normalized spacial score (nSPS) is 22.5. The highest BCUT2D eigenvalue weighted by Crippen LogP contribution is 2.31. The molecule has 0 bridgehead atoms. The standard InChI is InChI=1S/C21H23FN4/c22-20-2-1-14(9-17(20)12-23)16-10-15-3-6-25-13-19(15)21(11-16)26-18-4-7-24-8-5-18/h2-3,9-11,13-14,18,24-26H,1,4-8H2. The van der Waals surface area contributed by atoms with Crippen molar-refractivity contribution in [3.63, 3.8) is 0 Å². The van der Waals surface area contributed by atoms with Crippen molar-refractivity contribution in [2.75, 3.05) is 25.0 Å². The zero-order valence-electron chi connectivity index (χ0n) is 14.7. The number of nitrogens with one attached hydrogen (secondary N) is 3. The van der Waals surface area contributed by atoms with Gasteiger partial charge in [0, 0.05) is 35.6 Å². The average Bonchev–Trinajstić information content (AvgIpc) is 2.69. The molecule has 1 saturated heterocycles. The molecule has 1 unspecified atom stereocenters. The number of allylic oxidation sites excluding steroid dienone is 4. The van der Waals surface area contributed by atoms with Gasteiger partial charge in [-0.15, -0.1) is 0 Å². The van der Waals surface area contributed by atoms with Gasteiger partial charge in [0.25, 0.3) is 0 Å². The Morgan fingerprint density at radius 2 is 2.04 bits per heavy atom. The summed E-state index contributed by atoms with van der Waals surface area (Å²) in [5.74, 6) is -0.370. The van der Waals surface area contributed by atoms with E-state index in [0.29, 0.717) is 12.5 Å². The molecule has 0 spiro atoms. The van der Waals surface area contributed by atoms with Gasteiger partial charge in [0.15, 0.2) is 0 Å². The van der Waals surface area contributed by atoms with Crippen LogP contribution in [0.5, 0.6) is 0 Å². The number of hydrogen-bond acceptors (Lipinski definition) is 4. The molecule has 4 rings (SSSR count). The lowest BCUT2D eigenvalue weighted by Crippen LogP contribution is -2.40. The molecule has 26 heavy (non-hydrogen) atoms. The Hall–Kier alpha value is -2.58. The molecular formula is C21H23FN4. The molecular weight excluding hydrogens is 327 g/mol. The Morgan fingerprint density at radius 1 is 1.19 bits per heavy atom. The van der Waals surface area contributed by atoms with Crippen LogP contribution in [-0.2, 0) is 0 Å². The molecule has 134 valence electrons. The molecule has 2 aliphatic heterocycles. The summed E-state index contributed by atoms with van der Waals surface area (Å²) in [6.07, 6.45) is 10.3. The second kappa shape index (κ2) is 7.35. The fourth-order valence-electron chi connectivity index (χ4n) is 3.89. The lowest BCUT2D eigenvalue weighted by molar-refractivity contribution is 0.479. The lowest BCUT2D eigenvalue weighted by Gasteiger charge is -2.26. The SMILES string of the molecule is N#CC1=CC(c2cc(NC3CCNCC3)c3c(c2)=CCNC=3)CC=C1F. The van der Waals surface area contributed by atoms with Crippen molar-refractivity contribution in [1.82, 2.24) is 10.6 Å². The Morgan fingerprint density at radius 3 is 2.85 bits per heavy atom. The molecule has 4 nitrogen and oxygen atoms in total. The Bertz CT molecular complexity index is 917. The Labute approximate surface area is 152 Å². The van der Waals surface area contributed by atoms with E-state index >= 15 is 0 Å². The molecule has 0 saturated carbocycles. The quantitative estimate of drug-likeness (QED) is 0.778. The van der Waals surface area contributed by atoms with E-state index in [-0.39, 0.29) is 11.5 Å². The Kier molecular flexibility index (Phi) is 4.77. The molecule has 0 radical (unpaired) electrons. The first-order valence-electron chi connectivity index (χ1n) is 9.27. The van der Waals surface area contributed by atoms with Gasteiger partial charge >= 0.3 is 0 Å². The highest BCUT2D eigenvalue weighted by atomic mass is 19.1. The minimum Gasteiger partial charge on any atom is -0.387 e. The van der Waals surface area contributed by atoms with Crippen LogP contribution in [0.2, 0.25) is 0 Å². The largest absolute Gasteiger partial charge is 0.387 e. The molecule has 0 amide bonds. The van der Waals surface area contributed by atoms with E-state index in [2.05, 4.69) is 40.4 Å². The highest BCUT2D eigenvalue weighted by molar-refractivity contribution is 5.57. The monoisotopic (exact) mass is 350 g/mol. The second-order valence-corrected chi connectivity index (χ2v) is 7.08. The molecule has 1 atom stereocenters. The topological polar surface area (TPSA) is 59.9 Å². The van der Waals surface area contributed by atoms with Gasteiger partial charge in [0.1, 0.15) is 11.9 Å². The van der Waals surface area contributed by atoms with Crippen molar-refractivity contribution in [3.05, 3.63) is 51.7 Å². The first-order chi connectivity index (χ1) is 12.7. The maximum atomic E-state index is 13.7. The third-order valence-electron chi connectivity index (χ3n) is 5.34. The van der Waals surface area contributed by atoms with Gasteiger partial charge in [0.2, 0.25) is 0 Å². The van der Waals surface area contributed by atoms with Crippen LogP contribution < -0.4 is 26.4 Å². The summed E-state index contributed by atoms with van der Waals surface area (Å²) in [5, 5.41) is 21.9. The maximum Gasteiger partial charge on any atom is 0.136 e. The molecule has 1 aromatic carbocycles. The highest BCUT2D eigenvalue weighted by Gasteiger charge is 2.19. The maximum absolute atomic E-state index is 13.7. The summed E-state index contributed by atoms with van der Waals surface area (Å²) in [6, 6.07) is 6.77. The fourth-order valence-corrected chi connectivity index (χ4v) is 3.89. The Balaban J connectivity index is 1.72. The van der Waals surface area contributed by atoms with Crippen molar-refractivity contribution in [1.29, 1.82) is 5.26 Å². The van der Waals surface area contributed by atoms with E-state index in [1.165, 1.54) is 16.5 Å². The third kappa shape index (κ3) is 3.38. The summed E-state index contributed by atoms with van der Waals surface area (Å²) in [5.41, 5.74) is 2.39. The number of anilines is 1. The molecule has 3 N–H and O–H groups in total. The predicted molar refractivity (Wildman–Crippen MR) is 102 cm³/mol. The van der Waals surface area contributed by atoms with Crippen LogP contribution in [0.4, 0.5) is 10.1 Å². The lowest BCUT2D eigenvalue weighted by atomic mass is 9.88. The molecule has 3 aliphatic rings. The van der Waals surface area contributed by atoms with Gasteiger partial charge in [0.05, 0.1) is 5.57 Å². The van der Waals surface area contributed by atoms with Gasteiger partial charge < -0.3 is 16.0 Å². The van der Waals surface area contributed by atoms with E-state index in [9.17, 15) is 4.39 Å². The third-order valence-corrected chi connectivity index (χ3v) is 5.34. The van der Waals surface area contributed by atoms with Gasteiger partial charge in [-0.3, -0.25) is 0 Å². The average molecular weight is 350 g/mol. The first kappa shape index (κ1) is 16.9. The first-order valence-corrected chi connectivity index (χ1v) is 9.27. The van der Waals surface area contributed by atoms with Crippen LogP contribution in [0, 0.1) is 11.3 Å². The van der Waals surface area contributed by atoms with Crippen molar-refractivity contribution in [3.8, 4) is 6.07 Å². The van der Waals surface area contributed by atoms with E-state index < -0.39 is 5.83 Å². The van der Waals surface area contributed by atoms with Crippen LogP contribution in [0.1, 0.15) is 30.7 Å². The second-order valence-electron chi connectivity index (χ2n) is 7.08. The van der Waals surface area contributed by atoms with E-state index in [1.807, 2.05) is 6.07 Å². The van der Waals surface area contributed by atoms with Gasteiger partial charge in [-0.05, 0) is 55.3 Å². The van der Waals surface area contributed by atoms with E-state index in [1.54, 1.807) is 6.08 Å². The van der Waals surface area contributed by atoms with Crippen LogP contribution >= 0.6 is 0 Å². The summed E-state index contributed by atoms with van der Waals surface area (Å²) in [4.78, 5) is 0. The number of benzene rings is 1. The van der Waals surface area contributed by atoms with E-state index in [4.69, 9.17) is 5.26 Å². The fraction of sp³-hybridized carbons (Fsp3) is 0.381. The number of nitrogens with zero attached hydrogens (tertiary/aromatic N) is 1. The molecule has 5 heteroatoms. The van der Waals surface area contributed by atoms with Crippen LogP contribution in [0.25, 0.3) is 12.3 Å². The summed E-state index contributed by atoms with van der Waals surface area (Å²) in [6.45, 7) is 2.88. The summed E-state index contributed by atoms with van der Waals surface area (Å²) < 4.78 is 13.7. The van der Waals surface area contributed by atoms with Crippen molar-refractivity contribution >= 4 is 18.0 Å². The predicted octanol–water partition coefficient (Wildman–Crippen LogP) is 1.76. The van der Waals surface area contributed by atoms with Crippen LogP contribution in [0.15, 0.2) is 35.7 Å². The van der Waals surface area contributed by atoms with E-state index in [0.717, 1.165) is 43.7 Å². The van der Waals surface area contributed by atoms with Crippen molar-refractivity contribution in [2.45, 2.75) is 31.2 Å². The molecule has 1 aliphatic carbocycles. The number of rotatable bonds is 3. The number of halogens is 1. The summed E-state index contributed by atoms with van der Waals surface area (Å²) in [7, 11) is 0. The van der Waals surface area contributed by atoms with Crippen molar-refractivity contribution < 1.29 is 4.39 Å². The summed E-state index contributed by atoms with van der Waals surface area (Å²) >= 11 is 0. The minimum atomic E-state index is -0.404. The number of fused-ring (bicyclic) bond motifs is 1. The minimum absolute atomic E-state index is 0.0336. The smallest absolute Gasteiger partial charge is 0.136 e. The van der Waals surface area contributed by atoms with Crippen LogP contribution in [0.3, 0.4) is 0 Å². The van der Waals surface area contributed by atoms with Crippen molar-refractivity contribution in [2.24, 2.45) is 0 Å². The van der Waals surface area contributed by atoms with Crippen LogP contribution in [-0.4, -0.2) is 25.7 Å². The van der Waals surface area contributed by atoms with Gasteiger partial charge in [-0.2, -0.15) is 5.26 Å².